The van der Waals surface area contributed by atoms with E-state index in [4.69, 9.17) is 0 Å². The topological polar surface area (TPSA) is 95.6 Å². The van der Waals surface area contributed by atoms with E-state index in [1.807, 2.05) is 0 Å². The molecule has 2 N–H and O–H groups in total. The molecule has 1 aliphatic heterocycles. The summed E-state index contributed by atoms with van der Waals surface area (Å²) in [5.41, 5.74) is 1.23. The number of nitrogens with one attached hydrogen (secondary N) is 2. The molecular formula is C15H23N3O4S2. The predicted molar refractivity (Wildman–Crippen MR) is 93.4 cm³/mol. The number of benzene rings is 1. The van der Waals surface area contributed by atoms with Gasteiger partial charge >= 0.3 is 0 Å². The van der Waals surface area contributed by atoms with E-state index in [-0.39, 0.29) is 12.6 Å². The first-order chi connectivity index (χ1) is 11.3. The van der Waals surface area contributed by atoms with Gasteiger partial charge < -0.3 is 0 Å². The molecule has 1 unspecified atom stereocenters. The number of fused-ring (bicyclic) bond motifs is 1. The van der Waals surface area contributed by atoms with Crippen molar-refractivity contribution in [2.24, 2.45) is 0 Å². The third kappa shape index (κ3) is 3.90. The van der Waals surface area contributed by atoms with Crippen LogP contribution in [0.5, 0.6) is 0 Å². The molecule has 7 nitrogen and oxygen atoms in total. The lowest BCUT2D eigenvalue weighted by Crippen LogP contribution is -2.46. The lowest BCUT2D eigenvalue weighted by Gasteiger charge is -2.34. The van der Waals surface area contributed by atoms with Crippen molar-refractivity contribution in [3.63, 3.8) is 0 Å². The van der Waals surface area contributed by atoms with Crippen molar-refractivity contribution in [2.75, 3.05) is 17.1 Å². The Labute approximate surface area is 143 Å². The Morgan fingerprint density at radius 2 is 1.67 bits per heavy atom. The van der Waals surface area contributed by atoms with E-state index in [0.29, 0.717) is 17.7 Å². The van der Waals surface area contributed by atoms with Gasteiger partial charge in [0, 0.05) is 12.6 Å². The molecule has 0 saturated heterocycles. The number of sulfonamides is 1. The molecule has 1 fully saturated rings. The highest BCUT2D eigenvalue weighted by molar-refractivity contribution is 7.92. The molecule has 1 aromatic rings. The summed E-state index contributed by atoms with van der Waals surface area (Å²) in [5.74, 6) is 0. The Morgan fingerprint density at radius 1 is 1.00 bits per heavy atom. The maximum atomic E-state index is 12.4. The largest absolute Gasteiger partial charge is 0.277 e. The zero-order valence-electron chi connectivity index (χ0n) is 13.6. The molecule has 1 saturated carbocycles. The monoisotopic (exact) mass is 373 g/mol. The Balaban J connectivity index is 1.82. The highest BCUT2D eigenvalue weighted by Gasteiger charge is 2.32. The first-order valence-corrected chi connectivity index (χ1v) is 11.5. The van der Waals surface area contributed by atoms with E-state index < -0.39 is 26.3 Å². The van der Waals surface area contributed by atoms with Crippen LogP contribution in [0.15, 0.2) is 24.3 Å². The van der Waals surface area contributed by atoms with E-state index in [0.717, 1.165) is 31.9 Å². The summed E-state index contributed by atoms with van der Waals surface area (Å²) in [4.78, 5) is 0. The van der Waals surface area contributed by atoms with Crippen LogP contribution in [0.25, 0.3) is 0 Å². The minimum absolute atomic E-state index is 0.00569. The lowest BCUT2D eigenvalue weighted by atomic mass is 9.99. The average molecular weight is 374 g/mol. The standard InChI is InChI=1S/C15H23N3O4S2/c1-23(19,20)18-11-10-14(13-8-4-5-9-15(13)18)17-24(21,22)16-12-6-2-3-7-12/h4-5,8-9,12,14,16-17H,2-3,6-7,10-11H2,1H3. The van der Waals surface area contributed by atoms with Gasteiger partial charge in [-0.05, 0) is 30.9 Å². The van der Waals surface area contributed by atoms with E-state index in [2.05, 4.69) is 9.44 Å². The van der Waals surface area contributed by atoms with Gasteiger partial charge in [0.1, 0.15) is 0 Å². The zero-order valence-corrected chi connectivity index (χ0v) is 15.2. The summed E-state index contributed by atoms with van der Waals surface area (Å²) in [6.45, 7) is 0.256. The number of para-hydroxylation sites is 1. The highest BCUT2D eigenvalue weighted by Crippen LogP contribution is 2.35. The summed E-state index contributed by atoms with van der Waals surface area (Å²) in [7, 11) is -7.01. The van der Waals surface area contributed by atoms with Gasteiger partial charge in [-0.1, -0.05) is 31.0 Å². The number of anilines is 1. The van der Waals surface area contributed by atoms with E-state index >= 15 is 0 Å². The van der Waals surface area contributed by atoms with Crippen LogP contribution in [0.1, 0.15) is 43.7 Å². The highest BCUT2D eigenvalue weighted by atomic mass is 32.2. The fourth-order valence-corrected chi connectivity index (χ4v) is 5.81. The summed E-state index contributed by atoms with van der Waals surface area (Å²) < 4.78 is 55.4. The Morgan fingerprint density at radius 3 is 2.33 bits per heavy atom. The first kappa shape index (κ1) is 17.7. The van der Waals surface area contributed by atoms with Crippen molar-refractivity contribution < 1.29 is 16.8 Å². The van der Waals surface area contributed by atoms with E-state index in [9.17, 15) is 16.8 Å². The second kappa shape index (κ2) is 6.62. The van der Waals surface area contributed by atoms with Crippen molar-refractivity contribution in [3.05, 3.63) is 29.8 Å². The second-order valence-electron chi connectivity index (χ2n) is 6.46. The average Bonchev–Trinajstić information content (AvgIpc) is 2.98. The van der Waals surface area contributed by atoms with Crippen molar-refractivity contribution in [2.45, 2.75) is 44.2 Å². The van der Waals surface area contributed by atoms with Crippen LogP contribution in [0.4, 0.5) is 5.69 Å². The molecule has 2 aliphatic rings. The Bertz CT molecular complexity index is 802. The van der Waals surface area contributed by atoms with Crippen LogP contribution < -0.4 is 13.7 Å². The number of hydrogen-bond donors (Lipinski definition) is 2. The van der Waals surface area contributed by atoms with Gasteiger partial charge in [0.2, 0.25) is 10.0 Å². The molecule has 0 aromatic heterocycles. The van der Waals surface area contributed by atoms with Crippen LogP contribution in [0.2, 0.25) is 0 Å². The van der Waals surface area contributed by atoms with Gasteiger partial charge in [0.05, 0.1) is 18.0 Å². The summed E-state index contributed by atoms with van der Waals surface area (Å²) in [6, 6.07) is 6.59. The van der Waals surface area contributed by atoms with Crippen LogP contribution in [0, 0.1) is 0 Å². The lowest BCUT2D eigenvalue weighted by molar-refractivity contribution is 0.506. The van der Waals surface area contributed by atoms with Crippen molar-refractivity contribution >= 4 is 25.9 Å². The van der Waals surface area contributed by atoms with E-state index in [1.165, 1.54) is 4.31 Å². The summed E-state index contributed by atoms with van der Waals surface area (Å²) >= 11 is 0. The second-order valence-corrected chi connectivity index (χ2v) is 9.84. The molecule has 9 heteroatoms. The van der Waals surface area contributed by atoms with Crippen LogP contribution in [-0.2, 0) is 20.2 Å². The molecule has 0 bridgehead atoms. The number of hydrogen-bond acceptors (Lipinski definition) is 4. The molecule has 134 valence electrons. The smallest absolute Gasteiger partial charge is 0.270 e. The molecule has 0 amide bonds. The summed E-state index contributed by atoms with van der Waals surface area (Å²) in [6.07, 6.45) is 5.38. The molecule has 0 spiro atoms. The van der Waals surface area contributed by atoms with Gasteiger partial charge in [-0.15, -0.1) is 0 Å². The van der Waals surface area contributed by atoms with Crippen LogP contribution >= 0.6 is 0 Å². The molecule has 3 rings (SSSR count). The maximum Gasteiger partial charge on any atom is 0.277 e. The minimum atomic E-state index is -3.63. The summed E-state index contributed by atoms with van der Waals surface area (Å²) in [5, 5.41) is 0. The molecule has 1 atom stereocenters. The fraction of sp³-hybridized carbons (Fsp3) is 0.600. The third-order valence-electron chi connectivity index (χ3n) is 4.58. The molecular weight excluding hydrogens is 350 g/mol. The minimum Gasteiger partial charge on any atom is -0.270 e. The van der Waals surface area contributed by atoms with Crippen LogP contribution in [-0.4, -0.2) is 35.7 Å². The van der Waals surface area contributed by atoms with Gasteiger partial charge in [-0.2, -0.15) is 17.9 Å². The SMILES string of the molecule is CS(=O)(=O)N1CCC(NS(=O)(=O)NC2CCCC2)c2ccccc21. The first-order valence-electron chi connectivity index (χ1n) is 8.12. The number of rotatable bonds is 5. The quantitative estimate of drug-likeness (QED) is 0.812. The molecule has 1 aliphatic carbocycles. The maximum absolute atomic E-state index is 12.4. The third-order valence-corrected chi connectivity index (χ3v) is 6.99. The van der Waals surface area contributed by atoms with Gasteiger partial charge in [-0.3, -0.25) is 4.31 Å². The van der Waals surface area contributed by atoms with Crippen molar-refractivity contribution in [1.82, 2.24) is 9.44 Å². The van der Waals surface area contributed by atoms with Gasteiger partial charge in [-0.25, -0.2) is 8.42 Å². The molecule has 0 radical (unpaired) electrons. The zero-order chi connectivity index (χ0) is 17.4. The van der Waals surface area contributed by atoms with Gasteiger partial charge in [0.25, 0.3) is 10.2 Å². The Hall–Kier alpha value is -1.16. The van der Waals surface area contributed by atoms with E-state index in [1.54, 1.807) is 24.3 Å². The molecule has 1 heterocycles. The van der Waals surface area contributed by atoms with Crippen molar-refractivity contribution in [1.29, 1.82) is 0 Å². The predicted octanol–water partition coefficient (Wildman–Crippen LogP) is 1.26. The Kier molecular flexibility index (Phi) is 4.87. The van der Waals surface area contributed by atoms with Crippen LogP contribution in [0.3, 0.4) is 0 Å². The normalized spacial score (nSPS) is 22.5. The van der Waals surface area contributed by atoms with Gasteiger partial charge in [0.15, 0.2) is 0 Å². The molecule has 1 aromatic carbocycles. The molecule has 24 heavy (non-hydrogen) atoms. The van der Waals surface area contributed by atoms with Crippen molar-refractivity contribution in [3.8, 4) is 0 Å². The number of nitrogens with zero attached hydrogens (tertiary/aromatic N) is 1. The fourth-order valence-electron chi connectivity index (χ4n) is 3.48.